The van der Waals surface area contributed by atoms with Crippen LogP contribution in [0.2, 0.25) is 0 Å². The quantitative estimate of drug-likeness (QED) is 0.819. The average Bonchev–Trinajstić information content (AvgIpc) is 2.47. The molecule has 0 saturated heterocycles. The number of hydrogen-bond donors (Lipinski definition) is 2. The van der Waals surface area contributed by atoms with Crippen LogP contribution in [0.4, 0.5) is 0 Å². The van der Waals surface area contributed by atoms with Crippen LogP contribution in [-0.4, -0.2) is 6.54 Å². The molecule has 0 atom stereocenters. The molecule has 0 aliphatic rings. The molecule has 2 aromatic carbocycles. The zero-order chi connectivity index (χ0) is 13.5. The van der Waals surface area contributed by atoms with E-state index in [1.165, 1.54) is 0 Å². The van der Waals surface area contributed by atoms with Gasteiger partial charge in [-0.15, -0.1) is 0 Å². The molecule has 0 amide bonds. The summed E-state index contributed by atoms with van der Waals surface area (Å²) in [5, 5.41) is 0. The third-order valence-electron chi connectivity index (χ3n) is 2.85. The van der Waals surface area contributed by atoms with E-state index in [0.29, 0.717) is 12.2 Å². The minimum Gasteiger partial charge on any atom is -0.398 e. The molecule has 4 N–H and O–H groups in total. The van der Waals surface area contributed by atoms with E-state index in [0.717, 1.165) is 16.7 Å². The fourth-order valence-electron chi connectivity index (χ4n) is 1.83. The monoisotopic (exact) mass is 250 g/mol. The van der Waals surface area contributed by atoms with Crippen LogP contribution in [-0.2, 0) is 0 Å². The van der Waals surface area contributed by atoms with Crippen molar-refractivity contribution in [1.82, 2.24) is 0 Å². The van der Waals surface area contributed by atoms with Crippen molar-refractivity contribution in [2.24, 2.45) is 11.5 Å². The Morgan fingerprint density at radius 3 is 1.74 bits per heavy atom. The summed E-state index contributed by atoms with van der Waals surface area (Å²) in [5.41, 5.74) is 15.7. The van der Waals surface area contributed by atoms with E-state index in [-0.39, 0.29) is 0 Å². The maximum absolute atomic E-state index is 6.12. The second-order valence-corrected chi connectivity index (χ2v) is 4.29. The van der Waals surface area contributed by atoms with Crippen molar-refractivity contribution in [3.05, 3.63) is 83.1 Å². The van der Waals surface area contributed by atoms with Gasteiger partial charge in [-0.1, -0.05) is 60.7 Å². The minimum absolute atomic E-state index is 0.421. The molecule has 0 heterocycles. The van der Waals surface area contributed by atoms with Crippen LogP contribution in [0.3, 0.4) is 0 Å². The molecule has 0 aromatic heterocycles. The summed E-state index contributed by atoms with van der Waals surface area (Å²) < 4.78 is 0. The zero-order valence-electron chi connectivity index (χ0n) is 10.8. The van der Waals surface area contributed by atoms with Gasteiger partial charge in [-0.3, -0.25) is 0 Å². The van der Waals surface area contributed by atoms with Gasteiger partial charge in [0.25, 0.3) is 0 Å². The lowest BCUT2D eigenvalue weighted by molar-refractivity contribution is 1.14. The van der Waals surface area contributed by atoms with Crippen LogP contribution in [0.25, 0.3) is 12.2 Å². The first-order valence-electron chi connectivity index (χ1n) is 6.28. The van der Waals surface area contributed by atoms with Gasteiger partial charge >= 0.3 is 0 Å². The van der Waals surface area contributed by atoms with Crippen LogP contribution < -0.4 is 11.5 Å². The van der Waals surface area contributed by atoms with Crippen molar-refractivity contribution in [1.29, 1.82) is 0 Å². The Morgan fingerprint density at radius 1 is 0.789 bits per heavy atom. The minimum atomic E-state index is 0.421. The Hall–Kier alpha value is -2.32. The van der Waals surface area contributed by atoms with E-state index >= 15 is 0 Å². The molecule has 2 nitrogen and oxygen atoms in total. The normalized spacial score (nSPS) is 12.5. The van der Waals surface area contributed by atoms with Gasteiger partial charge in [0, 0.05) is 12.2 Å². The maximum Gasteiger partial charge on any atom is 0.0365 e. The lowest BCUT2D eigenvalue weighted by atomic mass is 10.1. The van der Waals surface area contributed by atoms with Gasteiger partial charge in [-0.05, 0) is 28.9 Å². The zero-order valence-corrected chi connectivity index (χ0v) is 10.8. The van der Waals surface area contributed by atoms with Gasteiger partial charge in [0.1, 0.15) is 0 Å². The molecule has 0 saturated carbocycles. The molecule has 2 aromatic rings. The SMILES string of the molecule is NCC(=C\c1ccccc1)/C(N)=C/c1ccccc1. The summed E-state index contributed by atoms with van der Waals surface area (Å²) in [6, 6.07) is 20.0. The lowest BCUT2D eigenvalue weighted by Crippen LogP contribution is -2.11. The van der Waals surface area contributed by atoms with Crippen LogP contribution in [0.15, 0.2) is 71.9 Å². The van der Waals surface area contributed by atoms with Crippen LogP contribution in [0.1, 0.15) is 11.1 Å². The van der Waals surface area contributed by atoms with Crippen molar-refractivity contribution in [3.8, 4) is 0 Å². The summed E-state index contributed by atoms with van der Waals surface area (Å²) >= 11 is 0. The summed E-state index contributed by atoms with van der Waals surface area (Å²) in [7, 11) is 0. The van der Waals surface area contributed by atoms with E-state index in [9.17, 15) is 0 Å². The fraction of sp³-hybridized carbons (Fsp3) is 0.0588. The Kier molecular flexibility index (Phi) is 4.54. The first-order valence-corrected chi connectivity index (χ1v) is 6.28. The number of nitrogens with two attached hydrogens (primary N) is 2. The fourth-order valence-corrected chi connectivity index (χ4v) is 1.83. The van der Waals surface area contributed by atoms with Gasteiger partial charge in [0.15, 0.2) is 0 Å². The van der Waals surface area contributed by atoms with Crippen molar-refractivity contribution in [2.75, 3.05) is 6.54 Å². The van der Waals surface area contributed by atoms with Crippen molar-refractivity contribution >= 4 is 12.2 Å². The molecule has 0 aliphatic carbocycles. The van der Waals surface area contributed by atoms with E-state index in [1.54, 1.807) is 0 Å². The van der Waals surface area contributed by atoms with Gasteiger partial charge in [0.05, 0.1) is 0 Å². The van der Waals surface area contributed by atoms with Gasteiger partial charge in [0.2, 0.25) is 0 Å². The molecule has 0 spiro atoms. The van der Waals surface area contributed by atoms with Crippen LogP contribution in [0, 0.1) is 0 Å². The molecule has 0 aliphatic heterocycles. The molecule has 2 rings (SSSR count). The molecule has 2 heteroatoms. The molecular weight excluding hydrogens is 232 g/mol. The van der Waals surface area contributed by atoms with Gasteiger partial charge in [-0.2, -0.15) is 0 Å². The lowest BCUT2D eigenvalue weighted by Gasteiger charge is -2.06. The van der Waals surface area contributed by atoms with Crippen LogP contribution >= 0.6 is 0 Å². The van der Waals surface area contributed by atoms with Crippen molar-refractivity contribution in [3.63, 3.8) is 0 Å². The van der Waals surface area contributed by atoms with Gasteiger partial charge < -0.3 is 11.5 Å². The first kappa shape index (κ1) is 13.1. The predicted molar refractivity (Wildman–Crippen MR) is 82.1 cm³/mol. The molecule has 19 heavy (non-hydrogen) atoms. The Balaban J connectivity index is 2.27. The largest absolute Gasteiger partial charge is 0.398 e. The number of hydrogen-bond acceptors (Lipinski definition) is 2. The molecule has 96 valence electrons. The highest BCUT2D eigenvalue weighted by atomic mass is 14.6. The smallest absolute Gasteiger partial charge is 0.0365 e. The highest BCUT2D eigenvalue weighted by Gasteiger charge is 1.99. The Bertz CT molecular complexity index is 569. The van der Waals surface area contributed by atoms with E-state index in [1.807, 2.05) is 72.8 Å². The summed E-state index contributed by atoms with van der Waals surface area (Å²) in [6.07, 6.45) is 3.97. The van der Waals surface area contributed by atoms with Crippen LogP contribution in [0.5, 0.6) is 0 Å². The topological polar surface area (TPSA) is 52.0 Å². The summed E-state index contributed by atoms with van der Waals surface area (Å²) in [4.78, 5) is 0. The van der Waals surface area contributed by atoms with E-state index < -0.39 is 0 Å². The Morgan fingerprint density at radius 2 is 1.26 bits per heavy atom. The van der Waals surface area contributed by atoms with Crippen molar-refractivity contribution in [2.45, 2.75) is 0 Å². The summed E-state index contributed by atoms with van der Waals surface area (Å²) in [5.74, 6) is 0. The highest BCUT2D eigenvalue weighted by Crippen LogP contribution is 2.13. The Labute approximate surface area is 114 Å². The summed E-state index contributed by atoms with van der Waals surface area (Å²) in [6.45, 7) is 0.421. The molecular formula is C17H18N2. The number of benzene rings is 2. The standard InChI is InChI=1S/C17H18N2/c18-13-16(11-14-7-3-1-4-8-14)17(19)12-15-9-5-2-6-10-15/h1-12H,13,18-19H2/b16-11+,17-12-. The second-order valence-electron chi connectivity index (χ2n) is 4.29. The molecule has 0 radical (unpaired) electrons. The van der Waals surface area contributed by atoms with Gasteiger partial charge in [-0.25, -0.2) is 0 Å². The van der Waals surface area contributed by atoms with Crippen molar-refractivity contribution < 1.29 is 0 Å². The highest BCUT2D eigenvalue weighted by molar-refractivity contribution is 5.65. The maximum atomic E-state index is 6.12. The molecule has 0 bridgehead atoms. The first-order chi connectivity index (χ1) is 9.29. The average molecular weight is 250 g/mol. The molecule has 0 unspecified atom stereocenters. The number of rotatable bonds is 4. The second kappa shape index (κ2) is 6.57. The van der Waals surface area contributed by atoms with E-state index in [2.05, 4.69) is 0 Å². The molecule has 0 fully saturated rings. The third-order valence-corrected chi connectivity index (χ3v) is 2.85. The third kappa shape index (κ3) is 3.83. The predicted octanol–water partition coefficient (Wildman–Crippen LogP) is 3.03. The van der Waals surface area contributed by atoms with E-state index in [4.69, 9.17) is 11.5 Å².